The van der Waals surface area contributed by atoms with E-state index in [1.54, 1.807) is 7.11 Å². The van der Waals surface area contributed by atoms with Crippen LogP contribution in [0.25, 0.3) is 32.3 Å². The van der Waals surface area contributed by atoms with Crippen LogP contribution in [0, 0.1) is 0 Å². The summed E-state index contributed by atoms with van der Waals surface area (Å²) in [7, 11) is 1.59. The first kappa shape index (κ1) is 19.7. The number of hydrogen-bond acceptors (Lipinski definition) is 7. The zero-order valence-corrected chi connectivity index (χ0v) is 18.4. The van der Waals surface area contributed by atoms with E-state index in [1.165, 1.54) is 23.1 Å². The summed E-state index contributed by atoms with van der Waals surface area (Å²) >= 11 is 2.97. The lowest BCUT2D eigenvalue weighted by molar-refractivity contribution is 0.171. The lowest BCUT2D eigenvalue weighted by Crippen LogP contribution is -2.10. The molecule has 2 aromatic heterocycles. The van der Waals surface area contributed by atoms with Crippen molar-refractivity contribution in [2.24, 2.45) is 0 Å². The molecule has 0 amide bonds. The van der Waals surface area contributed by atoms with Gasteiger partial charge in [0.2, 0.25) is 12.5 Å². The van der Waals surface area contributed by atoms with Crippen molar-refractivity contribution in [1.82, 2.24) is 9.97 Å². The van der Waals surface area contributed by atoms with Gasteiger partial charge in [0.25, 0.3) is 5.56 Å². The van der Waals surface area contributed by atoms with Gasteiger partial charge in [-0.15, -0.1) is 23.1 Å². The van der Waals surface area contributed by atoms with Gasteiger partial charge in [-0.3, -0.25) is 4.79 Å². The van der Waals surface area contributed by atoms with Crippen molar-refractivity contribution in [3.63, 3.8) is 0 Å². The highest BCUT2D eigenvalue weighted by atomic mass is 32.2. The third kappa shape index (κ3) is 3.58. The van der Waals surface area contributed by atoms with Crippen molar-refractivity contribution in [2.45, 2.75) is 0 Å². The number of thiophene rings is 1. The van der Waals surface area contributed by atoms with Crippen LogP contribution in [0.3, 0.4) is 0 Å². The van der Waals surface area contributed by atoms with Crippen molar-refractivity contribution in [3.05, 3.63) is 69.6 Å². The Balaban J connectivity index is 1.59. The fourth-order valence-electron chi connectivity index (χ4n) is 3.50. The molecule has 0 aliphatic carbocycles. The summed E-state index contributed by atoms with van der Waals surface area (Å²) in [6.45, 7) is 0.169. The molecular formula is C23H18N2O4S2. The smallest absolute Gasteiger partial charge is 0.260 e. The van der Waals surface area contributed by atoms with Crippen molar-refractivity contribution in [2.75, 3.05) is 20.2 Å². The molecule has 0 atom stereocenters. The van der Waals surface area contributed by atoms with Crippen LogP contribution >= 0.6 is 23.1 Å². The molecule has 0 saturated heterocycles. The first-order valence-electron chi connectivity index (χ1n) is 9.48. The minimum atomic E-state index is -0.150. The summed E-state index contributed by atoms with van der Waals surface area (Å²) in [6.07, 6.45) is 3.90. The quantitative estimate of drug-likeness (QED) is 0.448. The second-order valence-corrected chi connectivity index (χ2v) is 8.49. The molecule has 2 aromatic carbocycles. The number of nitrogens with zero attached hydrogens (tertiary/aromatic N) is 1. The van der Waals surface area contributed by atoms with Crippen molar-refractivity contribution in [1.29, 1.82) is 0 Å². The van der Waals surface area contributed by atoms with Gasteiger partial charge in [0.15, 0.2) is 11.5 Å². The van der Waals surface area contributed by atoms with Gasteiger partial charge in [-0.1, -0.05) is 30.3 Å². The SMILES string of the molecule is COc1cc(C=C(SC)c2nc3scc(-c4ccccc4)c3c(=O)[nH]2)cc2c1OCO2. The Kier molecular flexibility index (Phi) is 5.17. The standard InChI is InChI=1S/C23H18N2O4S2/c1-27-16-8-13(9-17-20(16)29-12-28-17)10-18(30-2)21-24-22(26)19-15(11-31-23(19)25-21)14-6-4-3-5-7-14/h3-11H,12H2,1-2H3,(H,24,25,26). The van der Waals surface area contributed by atoms with Crippen LogP contribution in [0.5, 0.6) is 17.2 Å². The molecule has 3 heterocycles. The van der Waals surface area contributed by atoms with E-state index in [0.29, 0.717) is 33.3 Å². The zero-order chi connectivity index (χ0) is 21.4. The van der Waals surface area contributed by atoms with Gasteiger partial charge >= 0.3 is 0 Å². The number of hydrogen-bond donors (Lipinski definition) is 1. The van der Waals surface area contributed by atoms with Crippen molar-refractivity contribution < 1.29 is 14.2 Å². The molecule has 1 N–H and O–H groups in total. The van der Waals surface area contributed by atoms with Crippen LogP contribution in [0.1, 0.15) is 11.4 Å². The van der Waals surface area contributed by atoms with Gasteiger partial charge in [0.1, 0.15) is 10.7 Å². The first-order valence-corrected chi connectivity index (χ1v) is 11.6. The number of fused-ring (bicyclic) bond motifs is 2. The first-order chi connectivity index (χ1) is 15.2. The minimum absolute atomic E-state index is 0.150. The Bertz CT molecular complexity index is 1360. The number of ether oxygens (including phenoxy) is 3. The molecule has 0 bridgehead atoms. The summed E-state index contributed by atoms with van der Waals surface area (Å²) in [6, 6.07) is 13.6. The van der Waals surface area contributed by atoms with Crippen molar-refractivity contribution in [3.8, 4) is 28.4 Å². The minimum Gasteiger partial charge on any atom is -0.493 e. The Morgan fingerprint density at radius 1 is 1.26 bits per heavy atom. The van der Waals surface area contributed by atoms with Crippen LogP contribution in [-0.2, 0) is 0 Å². The maximum atomic E-state index is 13.0. The molecule has 5 rings (SSSR count). The van der Waals surface area contributed by atoms with E-state index in [9.17, 15) is 4.79 Å². The summed E-state index contributed by atoms with van der Waals surface area (Å²) in [5.41, 5.74) is 2.62. The highest BCUT2D eigenvalue weighted by molar-refractivity contribution is 8.07. The van der Waals surface area contributed by atoms with Crippen LogP contribution in [0.2, 0.25) is 0 Å². The van der Waals surface area contributed by atoms with E-state index in [2.05, 4.69) is 4.98 Å². The molecule has 156 valence electrons. The van der Waals surface area contributed by atoms with E-state index in [-0.39, 0.29) is 12.4 Å². The lowest BCUT2D eigenvalue weighted by Gasteiger charge is -2.08. The number of methoxy groups -OCH3 is 1. The zero-order valence-electron chi connectivity index (χ0n) is 16.8. The molecule has 1 aliphatic rings. The number of benzene rings is 2. The second kappa shape index (κ2) is 8.13. The average molecular weight is 451 g/mol. The summed E-state index contributed by atoms with van der Waals surface area (Å²) < 4.78 is 16.4. The number of rotatable bonds is 5. The highest BCUT2D eigenvalue weighted by Crippen LogP contribution is 2.43. The summed E-state index contributed by atoms with van der Waals surface area (Å²) in [5, 5.41) is 2.60. The van der Waals surface area contributed by atoms with Gasteiger partial charge < -0.3 is 19.2 Å². The monoisotopic (exact) mass is 450 g/mol. The Hall–Kier alpha value is -3.23. The highest BCUT2D eigenvalue weighted by Gasteiger charge is 2.20. The maximum absolute atomic E-state index is 13.0. The molecule has 31 heavy (non-hydrogen) atoms. The molecule has 0 saturated carbocycles. The maximum Gasteiger partial charge on any atom is 0.260 e. The van der Waals surface area contributed by atoms with E-state index in [1.807, 2.05) is 60.2 Å². The number of aromatic amines is 1. The molecule has 1 aliphatic heterocycles. The molecule has 0 fully saturated rings. The van der Waals surface area contributed by atoms with Crippen LogP contribution in [-0.4, -0.2) is 30.1 Å². The third-order valence-corrected chi connectivity index (χ3v) is 6.58. The largest absolute Gasteiger partial charge is 0.493 e. The molecule has 0 spiro atoms. The molecule has 0 unspecified atom stereocenters. The summed E-state index contributed by atoms with van der Waals surface area (Å²) in [5.74, 6) is 2.37. The molecular weight excluding hydrogens is 432 g/mol. The number of nitrogens with one attached hydrogen (secondary N) is 1. The van der Waals surface area contributed by atoms with E-state index >= 15 is 0 Å². The van der Waals surface area contributed by atoms with Crippen LogP contribution in [0.15, 0.2) is 52.6 Å². The molecule has 6 nitrogen and oxygen atoms in total. The topological polar surface area (TPSA) is 73.4 Å². The normalized spacial score (nSPS) is 13.0. The number of thioether (sulfide) groups is 1. The predicted molar refractivity (Wildman–Crippen MR) is 126 cm³/mol. The van der Waals surface area contributed by atoms with Gasteiger partial charge in [0.05, 0.1) is 17.4 Å². The molecule has 4 aromatic rings. The third-order valence-electron chi connectivity index (χ3n) is 4.96. The Labute approximate surface area is 186 Å². The molecule has 0 radical (unpaired) electrons. The predicted octanol–water partition coefficient (Wildman–Crippen LogP) is 5.25. The van der Waals surface area contributed by atoms with Gasteiger partial charge in [-0.2, -0.15) is 0 Å². The van der Waals surface area contributed by atoms with E-state index in [4.69, 9.17) is 19.2 Å². The fraction of sp³-hybridized carbons (Fsp3) is 0.130. The van der Waals surface area contributed by atoms with Crippen molar-refractivity contribution >= 4 is 44.3 Å². The van der Waals surface area contributed by atoms with Gasteiger partial charge in [-0.25, -0.2) is 4.98 Å². The van der Waals surface area contributed by atoms with Gasteiger partial charge in [-0.05, 0) is 35.6 Å². The van der Waals surface area contributed by atoms with Gasteiger partial charge in [0, 0.05) is 10.9 Å². The Morgan fingerprint density at radius 2 is 2.10 bits per heavy atom. The second-order valence-electron chi connectivity index (χ2n) is 6.78. The van der Waals surface area contributed by atoms with E-state index in [0.717, 1.165) is 21.6 Å². The molecule has 8 heteroatoms. The van der Waals surface area contributed by atoms with E-state index < -0.39 is 0 Å². The van der Waals surface area contributed by atoms with Crippen LogP contribution in [0.4, 0.5) is 0 Å². The fourth-order valence-corrected chi connectivity index (χ4v) is 5.00. The summed E-state index contributed by atoms with van der Waals surface area (Å²) in [4.78, 5) is 22.3. The number of aromatic nitrogens is 2. The Morgan fingerprint density at radius 3 is 2.87 bits per heavy atom. The van der Waals surface area contributed by atoms with Crippen LogP contribution < -0.4 is 19.8 Å². The number of H-pyrrole nitrogens is 1. The lowest BCUT2D eigenvalue weighted by atomic mass is 10.1. The average Bonchev–Trinajstić information content (AvgIpc) is 3.44.